The van der Waals surface area contributed by atoms with Crippen molar-refractivity contribution >= 4 is 11.3 Å². The molecule has 0 aliphatic carbocycles. The SMILES string of the molecule is OC[C@H]1CCC[NH+](Cc2cccs2)C1. The average molecular weight is 212 g/mol. The maximum atomic E-state index is 9.12. The Labute approximate surface area is 89.2 Å². The van der Waals surface area contributed by atoms with E-state index in [0.717, 1.165) is 13.1 Å². The number of nitrogens with one attached hydrogen (secondary N) is 1. The van der Waals surface area contributed by atoms with E-state index < -0.39 is 0 Å². The quantitative estimate of drug-likeness (QED) is 0.751. The maximum absolute atomic E-state index is 9.12. The van der Waals surface area contributed by atoms with Crippen molar-refractivity contribution in [3.05, 3.63) is 22.4 Å². The van der Waals surface area contributed by atoms with Crippen LogP contribution in [0.5, 0.6) is 0 Å². The summed E-state index contributed by atoms with van der Waals surface area (Å²) in [6, 6.07) is 4.33. The molecule has 1 saturated heterocycles. The van der Waals surface area contributed by atoms with Crippen LogP contribution in [0.3, 0.4) is 0 Å². The molecule has 0 radical (unpaired) electrons. The van der Waals surface area contributed by atoms with Gasteiger partial charge in [-0.25, -0.2) is 0 Å². The van der Waals surface area contributed by atoms with Gasteiger partial charge in [0.15, 0.2) is 0 Å². The summed E-state index contributed by atoms with van der Waals surface area (Å²) in [5, 5.41) is 11.3. The van der Waals surface area contributed by atoms with Crippen molar-refractivity contribution in [3.63, 3.8) is 0 Å². The maximum Gasteiger partial charge on any atom is 0.112 e. The Kier molecular flexibility index (Phi) is 3.56. The van der Waals surface area contributed by atoms with Crippen molar-refractivity contribution in [1.82, 2.24) is 0 Å². The highest BCUT2D eigenvalue weighted by Crippen LogP contribution is 2.09. The zero-order chi connectivity index (χ0) is 9.80. The summed E-state index contributed by atoms with van der Waals surface area (Å²) in [6.45, 7) is 3.94. The molecule has 0 spiro atoms. The second-order valence-corrected chi connectivity index (χ2v) is 5.18. The van der Waals surface area contributed by atoms with Crippen LogP contribution < -0.4 is 4.90 Å². The molecule has 0 bridgehead atoms. The Balaban J connectivity index is 1.86. The Bertz CT molecular complexity index is 260. The molecular weight excluding hydrogens is 194 g/mol. The number of aliphatic hydroxyl groups excluding tert-OH is 1. The summed E-state index contributed by atoms with van der Waals surface area (Å²) in [6.07, 6.45) is 2.48. The first-order valence-corrected chi connectivity index (χ1v) is 6.23. The molecule has 0 amide bonds. The van der Waals surface area contributed by atoms with Crippen LogP contribution >= 0.6 is 11.3 Å². The Morgan fingerprint density at radius 2 is 2.50 bits per heavy atom. The molecule has 2 N–H and O–H groups in total. The van der Waals surface area contributed by atoms with Gasteiger partial charge in [-0.3, -0.25) is 0 Å². The van der Waals surface area contributed by atoms with Crippen LogP contribution in [0.25, 0.3) is 0 Å². The summed E-state index contributed by atoms with van der Waals surface area (Å²) in [5.41, 5.74) is 0. The van der Waals surface area contributed by atoms with Crippen LogP contribution in [0.1, 0.15) is 17.7 Å². The fraction of sp³-hybridized carbons (Fsp3) is 0.636. The van der Waals surface area contributed by atoms with Crippen molar-refractivity contribution in [1.29, 1.82) is 0 Å². The van der Waals surface area contributed by atoms with Crippen molar-refractivity contribution in [2.45, 2.75) is 19.4 Å². The molecule has 1 fully saturated rings. The van der Waals surface area contributed by atoms with E-state index in [2.05, 4.69) is 17.5 Å². The number of thiophene rings is 1. The van der Waals surface area contributed by atoms with Gasteiger partial charge >= 0.3 is 0 Å². The van der Waals surface area contributed by atoms with Gasteiger partial charge < -0.3 is 10.0 Å². The second-order valence-electron chi connectivity index (χ2n) is 4.15. The lowest BCUT2D eigenvalue weighted by molar-refractivity contribution is -0.922. The van der Waals surface area contributed by atoms with Gasteiger partial charge in [-0.2, -0.15) is 0 Å². The molecular formula is C11H18NOS+. The standard InChI is InChI=1S/C11H17NOS/c13-9-10-3-1-5-12(7-10)8-11-4-2-6-14-11/h2,4,6,10,13H,1,3,5,7-9H2/p+1/t10-/m0/s1. The zero-order valence-electron chi connectivity index (χ0n) is 8.41. The normalized spacial score (nSPS) is 27.8. The minimum absolute atomic E-state index is 0.369. The van der Waals surface area contributed by atoms with E-state index in [9.17, 15) is 0 Å². The third-order valence-electron chi connectivity index (χ3n) is 2.98. The molecule has 2 nitrogen and oxygen atoms in total. The second kappa shape index (κ2) is 4.91. The predicted molar refractivity (Wildman–Crippen MR) is 58.5 cm³/mol. The lowest BCUT2D eigenvalue weighted by Crippen LogP contribution is -3.12. The van der Waals surface area contributed by atoms with E-state index in [1.165, 1.54) is 24.3 Å². The number of hydrogen-bond acceptors (Lipinski definition) is 2. The highest BCUT2D eigenvalue weighted by molar-refractivity contribution is 7.09. The van der Waals surface area contributed by atoms with E-state index >= 15 is 0 Å². The molecule has 1 unspecified atom stereocenters. The van der Waals surface area contributed by atoms with Gasteiger partial charge in [0.1, 0.15) is 6.54 Å². The highest BCUT2D eigenvalue weighted by Gasteiger charge is 2.22. The van der Waals surface area contributed by atoms with E-state index in [0.29, 0.717) is 12.5 Å². The monoisotopic (exact) mass is 212 g/mol. The fourth-order valence-electron chi connectivity index (χ4n) is 2.23. The lowest BCUT2D eigenvalue weighted by atomic mass is 9.99. The number of piperidine rings is 1. The molecule has 14 heavy (non-hydrogen) atoms. The molecule has 3 heteroatoms. The number of likely N-dealkylation sites (tertiary alicyclic amines) is 1. The zero-order valence-corrected chi connectivity index (χ0v) is 9.22. The van der Waals surface area contributed by atoms with Gasteiger partial charge in [0.25, 0.3) is 0 Å². The van der Waals surface area contributed by atoms with Crippen LogP contribution in [0.2, 0.25) is 0 Å². The Hall–Kier alpha value is -0.380. The van der Waals surface area contributed by atoms with Crippen LogP contribution in [0, 0.1) is 5.92 Å². The lowest BCUT2D eigenvalue weighted by Gasteiger charge is -2.28. The first-order chi connectivity index (χ1) is 6.88. The van der Waals surface area contributed by atoms with E-state index in [-0.39, 0.29) is 0 Å². The molecule has 1 aliphatic heterocycles. The first kappa shape index (κ1) is 10.1. The van der Waals surface area contributed by atoms with Gasteiger partial charge in [0.2, 0.25) is 0 Å². The summed E-state index contributed by atoms with van der Waals surface area (Å²) in [7, 11) is 0. The van der Waals surface area contributed by atoms with Gasteiger partial charge in [0, 0.05) is 5.92 Å². The molecule has 2 heterocycles. The molecule has 2 rings (SSSR count). The number of rotatable bonds is 3. The number of hydrogen-bond donors (Lipinski definition) is 2. The van der Waals surface area contributed by atoms with E-state index in [1.807, 2.05) is 11.3 Å². The van der Waals surface area contributed by atoms with Crippen molar-refractivity contribution < 1.29 is 10.0 Å². The molecule has 1 aromatic heterocycles. The first-order valence-electron chi connectivity index (χ1n) is 5.35. The third kappa shape index (κ3) is 2.56. The topological polar surface area (TPSA) is 24.7 Å². The fourth-order valence-corrected chi connectivity index (χ4v) is 3.01. The summed E-state index contributed by atoms with van der Waals surface area (Å²) < 4.78 is 0. The molecule has 0 saturated carbocycles. The Morgan fingerprint density at radius 3 is 3.21 bits per heavy atom. The molecule has 2 atom stereocenters. The largest absolute Gasteiger partial charge is 0.396 e. The van der Waals surface area contributed by atoms with E-state index in [1.54, 1.807) is 4.90 Å². The molecule has 0 aromatic carbocycles. The van der Waals surface area contributed by atoms with Crippen LogP contribution in [0.15, 0.2) is 17.5 Å². The predicted octanol–water partition coefficient (Wildman–Crippen LogP) is 0.535. The minimum atomic E-state index is 0.369. The summed E-state index contributed by atoms with van der Waals surface area (Å²) in [4.78, 5) is 3.11. The number of aliphatic hydroxyl groups is 1. The van der Waals surface area contributed by atoms with Gasteiger partial charge in [-0.15, -0.1) is 11.3 Å². The smallest absolute Gasteiger partial charge is 0.112 e. The molecule has 1 aliphatic rings. The molecule has 78 valence electrons. The van der Waals surface area contributed by atoms with Gasteiger partial charge in [-0.05, 0) is 24.3 Å². The third-order valence-corrected chi connectivity index (χ3v) is 3.86. The summed E-state index contributed by atoms with van der Waals surface area (Å²) in [5.74, 6) is 0.540. The average Bonchev–Trinajstić information content (AvgIpc) is 2.71. The van der Waals surface area contributed by atoms with Gasteiger partial charge in [-0.1, -0.05) is 6.07 Å². The van der Waals surface area contributed by atoms with Crippen molar-refractivity contribution in [2.24, 2.45) is 5.92 Å². The number of quaternary nitrogens is 1. The van der Waals surface area contributed by atoms with Crippen molar-refractivity contribution in [2.75, 3.05) is 19.7 Å². The highest BCUT2D eigenvalue weighted by atomic mass is 32.1. The summed E-state index contributed by atoms with van der Waals surface area (Å²) >= 11 is 1.84. The van der Waals surface area contributed by atoms with Gasteiger partial charge in [0.05, 0.1) is 24.6 Å². The van der Waals surface area contributed by atoms with Crippen LogP contribution in [-0.2, 0) is 6.54 Å². The Morgan fingerprint density at radius 1 is 1.57 bits per heavy atom. The van der Waals surface area contributed by atoms with E-state index in [4.69, 9.17) is 5.11 Å². The molecule has 1 aromatic rings. The minimum Gasteiger partial charge on any atom is -0.396 e. The van der Waals surface area contributed by atoms with Crippen LogP contribution in [-0.4, -0.2) is 24.8 Å². The van der Waals surface area contributed by atoms with Crippen molar-refractivity contribution in [3.8, 4) is 0 Å². The van der Waals surface area contributed by atoms with Crippen LogP contribution in [0.4, 0.5) is 0 Å².